The van der Waals surface area contributed by atoms with E-state index in [2.05, 4.69) is 15.5 Å². The maximum atomic E-state index is 12.9. The molecule has 0 bridgehead atoms. The topological polar surface area (TPSA) is 77.2 Å². The number of nitrogens with one attached hydrogen (secondary N) is 1. The van der Waals surface area contributed by atoms with Gasteiger partial charge in [-0.25, -0.2) is 4.98 Å². The molecule has 11 heteroatoms. The number of aromatic nitrogens is 2. The maximum Gasteiger partial charge on any atom is 0.443 e. The van der Waals surface area contributed by atoms with Crippen molar-refractivity contribution in [2.45, 2.75) is 50.9 Å². The molecule has 4 rings (SSSR count). The summed E-state index contributed by atoms with van der Waals surface area (Å²) in [6.07, 6.45) is -3.30. The number of ether oxygens (including phenoxy) is 1. The molecule has 0 saturated heterocycles. The molecule has 1 atom stereocenters. The van der Waals surface area contributed by atoms with Gasteiger partial charge in [-0.15, -0.1) is 11.3 Å². The van der Waals surface area contributed by atoms with Crippen molar-refractivity contribution in [2.75, 3.05) is 0 Å². The monoisotopic (exact) mass is 459 g/mol. The molecule has 2 heterocycles. The number of hydrogen-bond donors (Lipinski definition) is 1. The third kappa shape index (κ3) is 4.11. The van der Waals surface area contributed by atoms with Gasteiger partial charge < -0.3 is 14.6 Å². The number of carbonyl (C=O) groups is 1. The quantitative estimate of drug-likeness (QED) is 0.546. The summed E-state index contributed by atoms with van der Waals surface area (Å²) < 4.78 is 50.1. The van der Waals surface area contributed by atoms with Crippen LogP contribution in [0.1, 0.15) is 55.1 Å². The second kappa shape index (κ2) is 7.73. The highest BCUT2D eigenvalue weighted by atomic mass is 35.5. The Balaban J connectivity index is 1.40. The van der Waals surface area contributed by atoms with E-state index in [1.807, 2.05) is 6.07 Å². The largest absolute Gasteiger partial charge is 0.489 e. The average Bonchev–Trinajstić information content (AvgIpc) is 3.26. The Hall–Kier alpha value is -2.33. The number of nitrogens with zero attached hydrogens (tertiary/aromatic N) is 2. The van der Waals surface area contributed by atoms with Crippen LogP contribution in [0.3, 0.4) is 0 Å². The van der Waals surface area contributed by atoms with Crippen molar-refractivity contribution >= 4 is 39.1 Å². The van der Waals surface area contributed by atoms with E-state index in [1.54, 1.807) is 13.0 Å². The van der Waals surface area contributed by atoms with Crippen LogP contribution in [0.5, 0.6) is 5.75 Å². The molecule has 0 unspecified atom stereocenters. The summed E-state index contributed by atoms with van der Waals surface area (Å²) in [5.74, 6) is 0.892. The number of fused-ring (bicyclic) bond motifs is 1. The summed E-state index contributed by atoms with van der Waals surface area (Å²) in [6.45, 7) is 3.24. The number of amides is 1. The van der Waals surface area contributed by atoms with Crippen molar-refractivity contribution in [3.05, 3.63) is 39.7 Å². The zero-order chi connectivity index (χ0) is 21.6. The van der Waals surface area contributed by atoms with Gasteiger partial charge in [-0.05, 0) is 31.9 Å². The van der Waals surface area contributed by atoms with E-state index < -0.39 is 11.2 Å². The Bertz CT molecular complexity index is 1090. The van der Waals surface area contributed by atoms with E-state index in [-0.39, 0.29) is 39.2 Å². The van der Waals surface area contributed by atoms with Crippen molar-refractivity contribution in [3.63, 3.8) is 0 Å². The summed E-state index contributed by atoms with van der Waals surface area (Å²) >= 11 is 6.78. The smallest absolute Gasteiger partial charge is 0.443 e. The fourth-order valence-corrected chi connectivity index (χ4v) is 4.49. The van der Waals surface area contributed by atoms with E-state index in [9.17, 15) is 18.0 Å². The average molecular weight is 460 g/mol. The van der Waals surface area contributed by atoms with Crippen molar-refractivity contribution in [3.8, 4) is 5.75 Å². The van der Waals surface area contributed by atoms with Crippen molar-refractivity contribution in [2.24, 2.45) is 0 Å². The molecule has 3 aromatic rings. The summed E-state index contributed by atoms with van der Waals surface area (Å²) in [7, 11) is 0. The van der Waals surface area contributed by atoms with Crippen LogP contribution in [0.4, 0.5) is 13.2 Å². The third-order valence-electron chi connectivity index (χ3n) is 4.90. The lowest BCUT2D eigenvalue weighted by Gasteiger charge is -2.34. The molecule has 0 spiro atoms. The van der Waals surface area contributed by atoms with Crippen LogP contribution in [0, 0.1) is 0 Å². The fraction of sp³-hybridized carbons (Fsp3) is 0.421. The van der Waals surface area contributed by atoms with Gasteiger partial charge in [0.15, 0.2) is 10.8 Å². The van der Waals surface area contributed by atoms with E-state index in [4.69, 9.17) is 20.9 Å². The van der Waals surface area contributed by atoms with Gasteiger partial charge in [0.2, 0.25) is 5.91 Å². The first kappa shape index (κ1) is 20.9. The fourth-order valence-electron chi connectivity index (χ4n) is 3.31. The molecule has 0 aliphatic heterocycles. The number of thiazole rings is 1. The number of benzene rings is 1. The molecular weight excluding hydrogens is 443 g/mol. The number of hydrogen-bond acceptors (Lipinski definition) is 6. The van der Waals surface area contributed by atoms with Crippen LogP contribution < -0.4 is 10.1 Å². The Kier molecular flexibility index (Phi) is 5.39. The Morgan fingerprint density at radius 3 is 2.80 bits per heavy atom. The number of alkyl halides is 3. The van der Waals surface area contributed by atoms with Gasteiger partial charge in [-0.2, -0.15) is 13.2 Å². The zero-order valence-electron chi connectivity index (χ0n) is 15.9. The van der Waals surface area contributed by atoms with Crippen LogP contribution >= 0.6 is 22.9 Å². The minimum Gasteiger partial charge on any atom is -0.489 e. The first-order chi connectivity index (χ1) is 14.1. The summed E-state index contributed by atoms with van der Waals surface area (Å²) in [5, 5.41) is 6.01. The summed E-state index contributed by atoms with van der Waals surface area (Å²) in [5.41, 5.74) is 0.973. The molecule has 2 aromatic heterocycles. The molecule has 160 valence electrons. The van der Waals surface area contributed by atoms with Gasteiger partial charge in [0.1, 0.15) is 16.9 Å². The maximum absolute atomic E-state index is 12.9. The number of halogens is 4. The molecule has 1 saturated carbocycles. The predicted octanol–water partition coefficient (Wildman–Crippen LogP) is 5.48. The molecule has 30 heavy (non-hydrogen) atoms. The van der Waals surface area contributed by atoms with E-state index in [0.717, 1.165) is 5.69 Å². The minimum atomic E-state index is -4.51. The van der Waals surface area contributed by atoms with Crippen molar-refractivity contribution < 1.29 is 27.2 Å². The van der Waals surface area contributed by atoms with Gasteiger partial charge in [0, 0.05) is 18.9 Å². The highest BCUT2D eigenvalue weighted by Gasteiger charge is 2.37. The second-order valence-electron chi connectivity index (χ2n) is 7.23. The lowest BCUT2D eigenvalue weighted by Crippen LogP contribution is -2.32. The van der Waals surface area contributed by atoms with Crippen molar-refractivity contribution in [1.82, 2.24) is 15.5 Å². The van der Waals surface area contributed by atoms with Crippen LogP contribution in [-0.2, 0) is 11.0 Å². The van der Waals surface area contributed by atoms with E-state index in [1.165, 1.54) is 13.0 Å². The molecule has 0 radical (unpaired) electrons. The summed E-state index contributed by atoms with van der Waals surface area (Å²) in [4.78, 5) is 14.7. The molecular formula is C19H17ClF3N3O3S. The second-order valence-corrected chi connectivity index (χ2v) is 8.60. The Morgan fingerprint density at radius 1 is 1.40 bits per heavy atom. The van der Waals surface area contributed by atoms with Gasteiger partial charge in [-0.3, -0.25) is 4.79 Å². The highest BCUT2D eigenvalue weighted by Crippen LogP contribution is 2.44. The molecule has 1 aliphatic carbocycles. The Labute approximate surface area is 178 Å². The molecule has 6 nitrogen and oxygen atoms in total. The van der Waals surface area contributed by atoms with Crippen LogP contribution in [0.25, 0.3) is 10.2 Å². The van der Waals surface area contributed by atoms with Gasteiger partial charge in [-0.1, -0.05) is 16.8 Å². The van der Waals surface area contributed by atoms with E-state index in [0.29, 0.717) is 35.7 Å². The molecule has 1 aromatic carbocycles. The Morgan fingerprint density at radius 2 is 2.13 bits per heavy atom. The SMILES string of the molecule is CC(=O)N[C@@H](C)c1cc(C2CC(Oc3ccc4nc(C(F)(F)F)sc4c3Cl)C2)no1. The first-order valence-electron chi connectivity index (χ1n) is 9.18. The van der Waals surface area contributed by atoms with Gasteiger partial charge in [0.25, 0.3) is 0 Å². The van der Waals surface area contributed by atoms with Crippen LogP contribution in [0.2, 0.25) is 5.02 Å². The standard InChI is InChI=1S/C19H17ClF3N3O3S/c1-8(24-9(2)27)15-7-13(26-29-15)10-5-11(6-10)28-14-4-3-12-17(16(14)20)30-18(25-12)19(21,22)23/h3-4,7-8,10-11H,5-6H2,1-2H3,(H,24,27)/t8-,10?,11?/m0/s1. The number of carbonyl (C=O) groups excluding carboxylic acids is 1. The van der Waals surface area contributed by atoms with Crippen molar-refractivity contribution in [1.29, 1.82) is 0 Å². The lowest BCUT2D eigenvalue weighted by molar-refractivity contribution is -0.137. The molecule has 1 aliphatic rings. The van der Waals surface area contributed by atoms with Crippen LogP contribution in [0.15, 0.2) is 22.7 Å². The summed E-state index contributed by atoms with van der Waals surface area (Å²) in [6, 6.07) is 4.56. The van der Waals surface area contributed by atoms with E-state index >= 15 is 0 Å². The zero-order valence-corrected chi connectivity index (χ0v) is 17.5. The minimum absolute atomic E-state index is 0.132. The predicted molar refractivity (Wildman–Crippen MR) is 105 cm³/mol. The third-order valence-corrected chi connectivity index (χ3v) is 6.52. The highest BCUT2D eigenvalue weighted by molar-refractivity contribution is 7.19. The molecule has 1 amide bonds. The normalized spacial score (nSPS) is 20.1. The van der Waals surface area contributed by atoms with Gasteiger partial charge in [0.05, 0.1) is 22.0 Å². The lowest BCUT2D eigenvalue weighted by atomic mass is 9.80. The van der Waals surface area contributed by atoms with Crippen LogP contribution in [-0.4, -0.2) is 22.2 Å². The number of rotatable bonds is 5. The molecule has 1 N–H and O–H groups in total. The first-order valence-corrected chi connectivity index (χ1v) is 10.4. The van der Waals surface area contributed by atoms with Gasteiger partial charge >= 0.3 is 6.18 Å². The molecule has 1 fully saturated rings.